The summed E-state index contributed by atoms with van der Waals surface area (Å²) in [5.74, 6) is 1.30. The molecule has 0 spiro atoms. The lowest BCUT2D eigenvalue weighted by molar-refractivity contribution is -0.0692. The van der Waals surface area contributed by atoms with Crippen molar-refractivity contribution in [1.82, 2.24) is 9.80 Å². The molecule has 2 N–H and O–H groups in total. The molecule has 2 atom stereocenters. The van der Waals surface area contributed by atoms with Crippen molar-refractivity contribution in [3.8, 4) is 0 Å². The van der Waals surface area contributed by atoms with E-state index < -0.39 is 9.84 Å². The molecule has 0 radical (unpaired) electrons. The Morgan fingerprint density at radius 3 is 2.42 bits per heavy atom. The van der Waals surface area contributed by atoms with Crippen molar-refractivity contribution in [2.75, 3.05) is 44.7 Å². The minimum absolute atomic E-state index is 0.00102. The zero-order valence-corrected chi connectivity index (χ0v) is 12.5. The van der Waals surface area contributed by atoms with Crippen molar-refractivity contribution in [3.05, 3.63) is 0 Å². The molecule has 4 rings (SSSR count). The zero-order chi connectivity index (χ0) is 13.7. The van der Waals surface area contributed by atoms with E-state index in [0.29, 0.717) is 24.0 Å². The van der Waals surface area contributed by atoms with Crippen LogP contribution in [0.15, 0.2) is 0 Å². The van der Waals surface area contributed by atoms with Crippen LogP contribution in [0, 0.1) is 5.92 Å². The molecule has 4 heterocycles. The van der Waals surface area contributed by atoms with Crippen LogP contribution in [0.1, 0.15) is 19.3 Å². The van der Waals surface area contributed by atoms with Crippen LogP contribution in [0.4, 0.5) is 0 Å². The maximum absolute atomic E-state index is 11.7. The van der Waals surface area contributed by atoms with E-state index in [1.807, 2.05) is 0 Å². The average Bonchev–Trinajstić information content (AvgIpc) is 2.79. The molecule has 4 aliphatic rings. The first-order valence-corrected chi connectivity index (χ1v) is 9.15. The number of rotatable bonds is 3. The fourth-order valence-electron chi connectivity index (χ4n) is 4.36. The summed E-state index contributed by atoms with van der Waals surface area (Å²) in [6.07, 6.45) is 3.19. The van der Waals surface area contributed by atoms with E-state index in [1.54, 1.807) is 0 Å². The van der Waals surface area contributed by atoms with Gasteiger partial charge < -0.3 is 10.6 Å². The fourth-order valence-corrected chi connectivity index (χ4v) is 6.14. The predicted octanol–water partition coefficient (Wildman–Crippen LogP) is -0.472. The molecule has 19 heavy (non-hydrogen) atoms. The van der Waals surface area contributed by atoms with Gasteiger partial charge in [-0.1, -0.05) is 0 Å². The van der Waals surface area contributed by atoms with Crippen LogP contribution in [0.3, 0.4) is 0 Å². The van der Waals surface area contributed by atoms with Gasteiger partial charge in [0.2, 0.25) is 0 Å². The summed E-state index contributed by atoms with van der Waals surface area (Å²) in [6, 6.07) is 0.161. The SMILES string of the molecule is CN(C1CCS(=O)(=O)C1)C1(CN)CN2CCC1CC2. The highest BCUT2D eigenvalue weighted by Crippen LogP contribution is 2.40. The number of hydrogen-bond donors (Lipinski definition) is 1. The molecule has 4 saturated heterocycles. The molecular weight excluding hydrogens is 262 g/mol. The molecule has 5 nitrogen and oxygen atoms in total. The van der Waals surface area contributed by atoms with Gasteiger partial charge >= 0.3 is 0 Å². The van der Waals surface area contributed by atoms with Gasteiger partial charge in [0.1, 0.15) is 0 Å². The fraction of sp³-hybridized carbons (Fsp3) is 1.00. The number of fused-ring (bicyclic) bond motifs is 3. The maximum atomic E-state index is 11.7. The van der Waals surface area contributed by atoms with Gasteiger partial charge in [0.05, 0.1) is 11.5 Å². The van der Waals surface area contributed by atoms with Crippen LogP contribution in [0.5, 0.6) is 0 Å². The molecule has 4 fully saturated rings. The Labute approximate surface area is 116 Å². The minimum Gasteiger partial charge on any atom is -0.329 e. The van der Waals surface area contributed by atoms with Crippen LogP contribution in [0.25, 0.3) is 0 Å². The predicted molar refractivity (Wildman–Crippen MR) is 75.8 cm³/mol. The summed E-state index contributed by atoms with van der Waals surface area (Å²) in [4.78, 5) is 4.82. The van der Waals surface area contributed by atoms with Crippen molar-refractivity contribution < 1.29 is 8.42 Å². The minimum atomic E-state index is -2.82. The van der Waals surface area contributed by atoms with Crippen molar-refractivity contribution in [1.29, 1.82) is 0 Å². The summed E-state index contributed by atoms with van der Waals surface area (Å²) in [5, 5.41) is 0. The third-order valence-corrected chi connectivity index (χ3v) is 7.41. The Morgan fingerprint density at radius 1 is 1.32 bits per heavy atom. The highest BCUT2D eigenvalue weighted by Gasteiger charge is 2.51. The van der Waals surface area contributed by atoms with Gasteiger partial charge in [-0.25, -0.2) is 8.42 Å². The smallest absolute Gasteiger partial charge is 0.151 e. The summed E-state index contributed by atoms with van der Waals surface area (Å²) in [7, 11) is -0.726. The van der Waals surface area contributed by atoms with E-state index in [4.69, 9.17) is 5.73 Å². The molecule has 0 aromatic carbocycles. The average molecular weight is 287 g/mol. The highest BCUT2D eigenvalue weighted by molar-refractivity contribution is 7.91. The molecule has 0 aromatic heterocycles. The largest absolute Gasteiger partial charge is 0.329 e. The Kier molecular flexibility index (Phi) is 3.40. The van der Waals surface area contributed by atoms with E-state index >= 15 is 0 Å². The van der Waals surface area contributed by atoms with Gasteiger partial charge in [-0.05, 0) is 45.3 Å². The lowest BCUT2D eigenvalue weighted by Crippen LogP contribution is -2.70. The molecule has 110 valence electrons. The summed E-state index contributed by atoms with van der Waals surface area (Å²) >= 11 is 0. The molecule has 0 saturated carbocycles. The highest BCUT2D eigenvalue weighted by atomic mass is 32.2. The van der Waals surface area contributed by atoms with Crippen LogP contribution in [-0.4, -0.2) is 74.5 Å². The maximum Gasteiger partial charge on any atom is 0.151 e. The van der Waals surface area contributed by atoms with Crippen LogP contribution >= 0.6 is 0 Å². The summed E-state index contributed by atoms with van der Waals surface area (Å²) < 4.78 is 23.4. The first kappa shape index (κ1) is 13.8. The Balaban J connectivity index is 1.82. The van der Waals surface area contributed by atoms with Gasteiger partial charge in [0.25, 0.3) is 0 Å². The normalized spacial score (nSPS) is 44.9. The van der Waals surface area contributed by atoms with Gasteiger partial charge in [-0.15, -0.1) is 0 Å². The molecular formula is C13H25N3O2S. The second kappa shape index (κ2) is 4.69. The van der Waals surface area contributed by atoms with Crippen LogP contribution in [0.2, 0.25) is 0 Å². The van der Waals surface area contributed by atoms with Gasteiger partial charge in [-0.3, -0.25) is 4.90 Å². The lowest BCUT2D eigenvalue weighted by atomic mass is 9.71. The van der Waals surface area contributed by atoms with E-state index in [-0.39, 0.29) is 11.6 Å². The van der Waals surface area contributed by atoms with Gasteiger partial charge in [0, 0.05) is 24.7 Å². The van der Waals surface area contributed by atoms with E-state index in [9.17, 15) is 8.42 Å². The van der Waals surface area contributed by atoms with Crippen molar-refractivity contribution >= 4 is 9.84 Å². The van der Waals surface area contributed by atoms with Gasteiger partial charge in [-0.2, -0.15) is 0 Å². The molecule has 2 bridgehead atoms. The number of hydrogen-bond acceptors (Lipinski definition) is 5. The van der Waals surface area contributed by atoms with Crippen molar-refractivity contribution in [2.45, 2.75) is 30.8 Å². The Morgan fingerprint density at radius 2 is 2.00 bits per heavy atom. The first-order chi connectivity index (χ1) is 8.97. The Bertz CT molecular complexity index is 445. The number of piperidine rings is 3. The molecule has 6 heteroatoms. The van der Waals surface area contributed by atoms with Crippen molar-refractivity contribution in [3.63, 3.8) is 0 Å². The van der Waals surface area contributed by atoms with E-state index in [2.05, 4.69) is 16.8 Å². The number of nitrogens with zero attached hydrogens (tertiary/aromatic N) is 2. The second-order valence-corrected chi connectivity index (χ2v) is 8.75. The topological polar surface area (TPSA) is 66.6 Å². The first-order valence-electron chi connectivity index (χ1n) is 7.33. The van der Waals surface area contributed by atoms with Crippen LogP contribution in [-0.2, 0) is 9.84 Å². The molecule has 4 aliphatic heterocycles. The number of nitrogens with two attached hydrogens (primary N) is 1. The molecule has 0 aliphatic carbocycles. The molecule has 2 unspecified atom stereocenters. The standard InChI is InChI=1S/C13H25N3O2S/c1-15(12-4-7-19(17,18)8-12)13(9-14)10-16-5-2-11(13)3-6-16/h11-12H,2-10,14H2,1H3. The lowest BCUT2D eigenvalue weighted by Gasteiger charge is -2.58. The zero-order valence-electron chi connectivity index (χ0n) is 11.7. The second-order valence-electron chi connectivity index (χ2n) is 6.53. The Hall–Kier alpha value is -0.170. The van der Waals surface area contributed by atoms with Crippen molar-refractivity contribution in [2.24, 2.45) is 11.7 Å². The van der Waals surface area contributed by atoms with Crippen LogP contribution < -0.4 is 5.73 Å². The quantitative estimate of drug-likeness (QED) is 0.760. The summed E-state index contributed by atoms with van der Waals surface area (Å²) in [5.41, 5.74) is 6.14. The van der Waals surface area contributed by atoms with E-state index in [1.165, 1.54) is 25.9 Å². The third kappa shape index (κ3) is 2.22. The molecule has 0 aromatic rings. The van der Waals surface area contributed by atoms with Gasteiger partial charge in [0.15, 0.2) is 9.84 Å². The summed E-state index contributed by atoms with van der Waals surface area (Å²) in [6.45, 7) is 4.02. The van der Waals surface area contributed by atoms with E-state index in [0.717, 1.165) is 13.0 Å². The number of sulfone groups is 1. The third-order valence-electron chi connectivity index (χ3n) is 5.66. The number of likely N-dealkylation sites (N-methyl/N-ethyl adjacent to an activating group) is 1. The molecule has 0 amide bonds. The monoisotopic (exact) mass is 287 g/mol.